The summed E-state index contributed by atoms with van der Waals surface area (Å²) in [6, 6.07) is 22.8. The number of hydrogen-bond acceptors (Lipinski definition) is 7. The van der Waals surface area contributed by atoms with E-state index in [-0.39, 0.29) is 6.61 Å². The van der Waals surface area contributed by atoms with Crippen LogP contribution < -0.4 is 5.32 Å². The van der Waals surface area contributed by atoms with E-state index in [1.807, 2.05) is 72.1 Å². The summed E-state index contributed by atoms with van der Waals surface area (Å²) in [5, 5.41) is 6.62. The molecular weight excluding hydrogens is 420 g/mol. The van der Waals surface area contributed by atoms with Crippen LogP contribution in [0.5, 0.6) is 0 Å². The van der Waals surface area contributed by atoms with E-state index in [1.54, 1.807) is 18.5 Å². The number of nitrogens with one attached hydrogen (secondary N) is 1. The predicted molar refractivity (Wildman–Crippen MR) is 126 cm³/mol. The molecule has 1 N–H and O–H groups in total. The van der Waals surface area contributed by atoms with Gasteiger partial charge in [0.1, 0.15) is 6.61 Å². The van der Waals surface area contributed by atoms with Gasteiger partial charge in [0.05, 0.1) is 22.5 Å². The van der Waals surface area contributed by atoms with Crippen molar-refractivity contribution in [3.8, 4) is 11.3 Å². The van der Waals surface area contributed by atoms with E-state index in [1.165, 1.54) is 11.3 Å². The van der Waals surface area contributed by atoms with Crippen LogP contribution in [0, 0.1) is 0 Å². The summed E-state index contributed by atoms with van der Waals surface area (Å²) in [6.45, 7) is 0.0903. The molecule has 0 amide bonds. The Morgan fingerprint density at radius 3 is 2.56 bits per heavy atom. The Bertz CT molecular complexity index is 1370. The maximum atomic E-state index is 13.0. The topological polar surface area (TPSA) is 77.0 Å². The smallest absolute Gasteiger partial charge is 0.339 e. The van der Waals surface area contributed by atoms with Crippen molar-refractivity contribution in [1.29, 1.82) is 0 Å². The normalized spacial score (nSPS) is 10.8. The van der Waals surface area contributed by atoms with Gasteiger partial charge in [-0.2, -0.15) is 0 Å². The van der Waals surface area contributed by atoms with Crippen LogP contribution in [0.1, 0.15) is 16.1 Å². The van der Waals surface area contributed by atoms with Gasteiger partial charge < -0.3 is 10.1 Å². The number of aromatic nitrogens is 3. The number of ether oxygens (including phenoxy) is 1. The SMILES string of the molecule is O=C(OCc1csc(Nc2ccccc2)n1)c1cc(-c2ccncc2)nc2ccccc12. The highest BCUT2D eigenvalue weighted by Gasteiger charge is 2.16. The van der Waals surface area contributed by atoms with Crippen molar-refractivity contribution in [1.82, 2.24) is 15.0 Å². The second kappa shape index (κ2) is 8.95. The first-order chi connectivity index (χ1) is 15.8. The number of carbonyl (C=O) groups is 1. The lowest BCUT2D eigenvalue weighted by atomic mass is 10.0. The molecule has 0 fully saturated rings. The van der Waals surface area contributed by atoms with Gasteiger partial charge in [0.2, 0.25) is 0 Å². The average Bonchev–Trinajstić information content (AvgIpc) is 3.30. The highest BCUT2D eigenvalue weighted by molar-refractivity contribution is 7.13. The van der Waals surface area contributed by atoms with E-state index in [9.17, 15) is 4.79 Å². The van der Waals surface area contributed by atoms with Crippen LogP contribution in [0.25, 0.3) is 22.2 Å². The molecule has 6 nitrogen and oxygen atoms in total. The second-order valence-electron chi connectivity index (χ2n) is 7.02. The average molecular weight is 439 g/mol. The molecule has 0 bridgehead atoms. The van der Waals surface area contributed by atoms with Crippen molar-refractivity contribution >= 4 is 39.0 Å². The summed E-state index contributed by atoms with van der Waals surface area (Å²) in [5.41, 5.74) is 4.43. The predicted octanol–water partition coefficient (Wildman–Crippen LogP) is 5.85. The number of rotatable bonds is 6. The fourth-order valence-electron chi connectivity index (χ4n) is 3.31. The molecular formula is C25H18N4O2S. The monoisotopic (exact) mass is 438 g/mol. The molecule has 0 aliphatic rings. The number of anilines is 2. The van der Waals surface area contributed by atoms with E-state index in [0.29, 0.717) is 17.0 Å². The molecule has 3 aromatic heterocycles. The lowest BCUT2D eigenvalue weighted by Gasteiger charge is -2.09. The summed E-state index contributed by atoms with van der Waals surface area (Å²) < 4.78 is 5.61. The Kier molecular flexibility index (Phi) is 5.55. The first-order valence-corrected chi connectivity index (χ1v) is 10.9. The zero-order valence-electron chi connectivity index (χ0n) is 16.9. The highest BCUT2D eigenvalue weighted by atomic mass is 32.1. The zero-order chi connectivity index (χ0) is 21.8. The number of thiazole rings is 1. The first kappa shape index (κ1) is 19.8. The molecule has 5 rings (SSSR count). The minimum atomic E-state index is -0.413. The minimum Gasteiger partial charge on any atom is -0.456 e. The number of hydrogen-bond donors (Lipinski definition) is 1. The third-order valence-electron chi connectivity index (χ3n) is 4.84. The lowest BCUT2D eigenvalue weighted by Crippen LogP contribution is -2.07. The highest BCUT2D eigenvalue weighted by Crippen LogP contribution is 2.26. The van der Waals surface area contributed by atoms with Gasteiger partial charge in [-0.25, -0.2) is 14.8 Å². The summed E-state index contributed by atoms with van der Waals surface area (Å²) in [6.07, 6.45) is 3.40. The number of fused-ring (bicyclic) bond motifs is 1. The van der Waals surface area contributed by atoms with Gasteiger partial charge in [0, 0.05) is 34.4 Å². The maximum Gasteiger partial charge on any atom is 0.339 e. The molecule has 0 aliphatic carbocycles. The van der Waals surface area contributed by atoms with Gasteiger partial charge in [0.25, 0.3) is 0 Å². The number of benzene rings is 2. The second-order valence-corrected chi connectivity index (χ2v) is 7.88. The first-order valence-electron chi connectivity index (χ1n) is 10.00. The van der Waals surface area contributed by atoms with Gasteiger partial charge in [-0.15, -0.1) is 11.3 Å². The van der Waals surface area contributed by atoms with Crippen molar-refractivity contribution < 1.29 is 9.53 Å². The molecule has 0 aliphatic heterocycles. The minimum absolute atomic E-state index is 0.0903. The number of para-hydroxylation sites is 2. The van der Waals surface area contributed by atoms with Gasteiger partial charge >= 0.3 is 5.97 Å². The molecule has 156 valence electrons. The standard InChI is InChI=1S/C25H18N4O2S/c30-24(31-15-19-16-32-25(28-19)27-18-6-2-1-3-7-18)21-14-23(17-10-12-26-13-11-17)29-22-9-5-4-8-20(21)22/h1-14,16H,15H2,(H,27,28). The molecule has 7 heteroatoms. The van der Waals surface area contributed by atoms with E-state index >= 15 is 0 Å². The van der Waals surface area contributed by atoms with Crippen molar-refractivity contribution in [2.45, 2.75) is 6.61 Å². The largest absolute Gasteiger partial charge is 0.456 e. The molecule has 0 saturated carbocycles. The molecule has 2 aromatic carbocycles. The Morgan fingerprint density at radius 1 is 0.938 bits per heavy atom. The van der Waals surface area contributed by atoms with E-state index in [2.05, 4.69) is 15.3 Å². The van der Waals surface area contributed by atoms with Crippen LogP contribution in [0.2, 0.25) is 0 Å². The van der Waals surface area contributed by atoms with Crippen molar-refractivity contribution in [3.05, 3.63) is 102 Å². The number of pyridine rings is 2. The van der Waals surface area contributed by atoms with Crippen LogP contribution >= 0.6 is 11.3 Å². The Hall–Kier alpha value is -4.10. The van der Waals surface area contributed by atoms with Crippen LogP contribution in [0.4, 0.5) is 10.8 Å². The van der Waals surface area contributed by atoms with E-state index in [0.717, 1.165) is 27.3 Å². The maximum absolute atomic E-state index is 13.0. The number of nitrogens with zero attached hydrogens (tertiary/aromatic N) is 3. The molecule has 3 heterocycles. The number of carbonyl (C=O) groups excluding carboxylic acids is 1. The van der Waals surface area contributed by atoms with Crippen molar-refractivity contribution in [3.63, 3.8) is 0 Å². The third-order valence-corrected chi connectivity index (χ3v) is 5.65. The lowest BCUT2D eigenvalue weighted by molar-refractivity contribution is 0.0471. The van der Waals surface area contributed by atoms with E-state index in [4.69, 9.17) is 9.72 Å². The van der Waals surface area contributed by atoms with Gasteiger partial charge in [-0.3, -0.25) is 4.98 Å². The summed E-state index contributed by atoms with van der Waals surface area (Å²) >= 11 is 1.46. The van der Waals surface area contributed by atoms with Gasteiger partial charge in [-0.05, 0) is 36.4 Å². The van der Waals surface area contributed by atoms with Crippen LogP contribution in [0.3, 0.4) is 0 Å². The summed E-state index contributed by atoms with van der Waals surface area (Å²) in [7, 11) is 0. The molecule has 0 spiro atoms. The van der Waals surface area contributed by atoms with Crippen LogP contribution in [0.15, 0.2) is 90.6 Å². The Morgan fingerprint density at radius 2 is 1.72 bits per heavy atom. The zero-order valence-corrected chi connectivity index (χ0v) is 17.8. The third kappa shape index (κ3) is 4.33. The molecule has 0 radical (unpaired) electrons. The Balaban J connectivity index is 1.36. The fraction of sp³-hybridized carbons (Fsp3) is 0.0400. The van der Waals surface area contributed by atoms with E-state index < -0.39 is 5.97 Å². The molecule has 5 aromatic rings. The van der Waals surface area contributed by atoms with Crippen LogP contribution in [-0.4, -0.2) is 20.9 Å². The molecule has 0 saturated heterocycles. The van der Waals surface area contributed by atoms with Crippen molar-refractivity contribution in [2.24, 2.45) is 0 Å². The van der Waals surface area contributed by atoms with Gasteiger partial charge in [0.15, 0.2) is 5.13 Å². The Labute approximate surface area is 188 Å². The summed E-state index contributed by atoms with van der Waals surface area (Å²) in [5.74, 6) is -0.413. The summed E-state index contributed by atoms with van der Waals surface area (Å²) in [4.78, 5) is 26.3. The quantitative estimate of drug-likeness (QED) is 0.335. The fourth-order valence-corrected chi connectivity index (χ4v) is 4.02. The number of esters is 1. The molecule has 32 heavy (non-hydrogen) atoms. The molecule has 0 atom stereocenters. The van der Waals surface area contributed by atoms with Crippen LogP contribution in [-0.2, 0) is 11.3 Å². The molecule has 0 unspecified atom stereocenters. The van der Waals surface area contributed by atoms with Crippen molar-refractivity contribution in [2.75, 3.05) is 5.32 Å². The van der Waals surface area contributed by atoms with Gasteiger partial charge in [-0.1, -0.05) is 36.4 Å².